The molecule has 1 aliphatic rings. The van der Waals surface area contributed by atoms with Crippen molar-refractivity contribution in [3.8, 4) is 11.6 Å². The fourth-order valence-electron chi connectivity index (χ4n) is 2.27. The first-order chi connectivity index (χ1) is 10.2. The van der Waals surface area contributed by atoms with Crippen LogP contribution in [0, 0.1) is 13.8 Å². The van der Waals surface area contributed by atoms with Gasteiger partial charge >= 0.3 is 0 Å². The van der Waals surface area contributed by atoms with Gasteiger partial charge in [-0.3, -0.25) is 0 Å². The lowest BCUT2D eigenvalue weighted by Crippen LogP contribution is -2.07. The van der Waals surface area contributed by atoms with Crippen molar-refractivity contribution in [1.82, 2.24) is 9.97 Å². The molecular formula is C17H21N3O. The summed E-state index contributed by atoms with van der Waals surface area (Å²) in [5.74, 6) is 3.77. The van der Waals surface area contributed by atoms with E-state index in [9.17, 15) is 0 Å². The van der Waals surface area contributed by atoms with E-state index in [1.165, 1.54) is 18.4 Å². The lowest BCUT2D eigenvalue weighted by Gasteiger charge is -2.14. The highest BCUT2D eigenvalue weighted by molar-refractivity contribution is 5.50. The second kappa shape index (κ2) is 5.72. The maximum absolute atomic E-state index is 6.00. The normalized spacial score (nSPS) is 14.0. The van der Waals surface area contributed by atoms with Gasteiger partial charge in [0.2, 0.25) is 5.88 Å². The van der Waals surface area contributed by atoms with Crippen LogP contribution in [0.5, 0.6) is 11.6 Å². The van der Waals surface area contributed by atoms with Gasteiger partial charge in [-0.15, -0.1) is 0 Å². The van der Waals surface area contributed by atoms with Gasteiger partial charge in [-0.25, -0.2) is 4.98 Å². The van der Waals surface area contributed by atoms with Crippen LogP contribution in [0.4, 0.5) is 5.82 Å². The van der Waals surface area contributed by atoms with Crippen LogP contribution in [0.3, 0.4) is 0 Å². The summed E-state index contributed by atoms with van der Waals surface area (Å²) in [5.41, 5.74) is 2.14. The number of hydrogen-bond donors (Lipinski definition) is 1. The molecule has 1 aromatic heterocycles. The SMILES string of the molecule is CCNc1nc(C2CC2)nc(Oc2cccc(C)c2)c1C. The van der Waals surface area contributed by atoms with Crippen LogP contribution in [0.25, 0.3) is 0 Å². The van der Waals surface area contributed by atoms with Gasteiger partial charge in [0.25, 0.3) is 0 Å². The largest absolute Gasteiger partial charge is 0.439 e. The van der Waals surface area contributed by atoms with E-state index >= 15 is 0 Å². The summed E-state index contributed by atoms with van der Waals surface area (Å²) in [6, 6.07) is 8.02. The fourth-order valence-corrected chi connectivity index (χ4v) is 2.27. The maximum atomic E-state index is 6.00. The standard InChI is InChI=1S/C17H21N3O/c1-4-18-15-12(3)17(20-16(19-15)13-8-9-13)21-14-7-5-6-11(2)10-14/h5-7,10,13H,4,8-9H2,1-3H3,(H,18,19,20). The Hall–Kier alpha value is -2.10. The van der Waals surface area contributed by atoms with Crippen LogP contribution in [0.15, 0.2) is 24.3 Å². The smallest absolute Gasteiger partial charge is 0.227 e. The number of anilines is 1. The number of rotatable bonds is 5. The Kier molecular flexibility index (Phi) is 3.78. The first-order valence-corrected chi connectivity index (χ1v) is 7.54. The number of benzene rings is 1. The van der Waals surface area contributed by atoms with Crippen molar-refractivity contribution in [2.75, 3.05) is 11.9 Å². The minimum Gasteiger partial charge on any atom is -0.439 e. The van der Waals surface area contributed by atoms with Crippen molar-refractivity contribution in [3.05, 3.63) is 41.2 Å². The molecule has 1 aromatic carbocycles. The summed E-state index contributed by atoms with van der Waals surface area (Å²) in [7, 11) is 0. The summed E-state index contributed by atoms with van der Waals surface area (Å²) in [6.07, 6.45) is 2.36. The van der Waals surface area contributed by atoms with Crippen LogP contribution in [0.1, 0.15) is 42.6 Å². The van der Waals surface area contributed by atoms with Crippen molar-refractivity contribution >= 4 is 5.82 Å². The number of aromatic nitrogens is 2. The molecule has 0 saturated heterocycles. The van der Waals surface area contributed by atoms with E-state index in [2.05, 4.69) is 35.2 Å². The van der Waals surface area contributed by atoms with Gasteiger partial charge in [0.1, 0.15) is 17.4 Å². The van der Waals surface area contributed by atoms with E-state index in [0.717, 1.165) is 29.5 Å². The Balaban J connectivity index is 1.95. The predicted octanol–water partition coefficient (Wildman–Crippen LogP) is 4.19. The molecule has 3 rings (SSSR count). The highest BCUT2D eigenvalue weighted by Gasteiger charge is 2.28. The lowest BCUT2D eigenvalue weighted by molar-refractivity contribution is 0.454. The van der Waals surface area contributed by atoms with Gasteiger partial charge in [0.15, 0.2) is 0 Å². The van der Waals surface area contributed by atoms with Gasteiger partial charge in [-0.2, -0.15) is 4.98 Å². The molecule has 1 N–H and O–H groups in total. The van der Waals surface area contributed by atoms with Crippen molar-refractivity contribution in [2.45, 2.75) is 39.5 Å². The lowest BCUT2D eigenvalue weighted by atomic mass is 10.2. The number of nitrogens with zero attached hydrogens (tertiary/aromatic N) is 2. The molecule has 0 spiro atoms. The molecule has 1 saturated carbocycles. The van der Waals surface area contributed by atoms with E-state index in [0.29, 0.717) is 11.8 Å². The van der Waals surface area contributed by atoms with Crippen molar-refractivity contribution in [1.29, 1.82) is 0 Å². The molecule has 0 bridgehead atoms. The average molecular weight is 283 g/mol. The highest BCUT2D eigenvalue weighted by atomic mass is 16.5. The van der Waals surface area contributed by atoms with Gasteiger partial charge in [0, 0.05) is 12.5 Å². The van der Waals surface area contributed by atoms with Gasteiger partial charge in [0.05, 0.1) is 5.56 Å². The summed E-state index contributed by atoms with van der Waals surface area (Å²) in [6.45, 7) is 6.96. The van der Waals surface area contributed by atoms with Crippen molar-refractivity contribution in [3.63, 3.8) is 0 Å². The van der Waals surface area contributed by atoms with Crippen LogP contribution < -0.4 is 10.1 Å². The number of aryl methyl sites for hydroxylation is 1. The van der Waals surface area contributed by atoms with Gasteiger partial charge in [-0.05, 0) is 51.3 Å². The molecule has 1 aliphatic carbocycles. The fraction of sp³-hybridized carbons (Fsp3) is 0.412. The molecule has 1 fully saturated rings. The molecule has 0 aliphatic heterocycles. The maximum Gasteiger partial charge on any atom is 0.227 e. The zero-order chi connectivity index (χ0) is 14.8. The van der Waals surface area contributed by atoms with Gasteiger partial charge < -0.3 is 10.1 Å². The second-order valence-electron chi connectivity index (χ2n) is 5.58. The first kappa shape index (κ1) is 13.9. The van der Waals surface area contributed by atoms with Crippen molar-refractivity contribution in [2.24, 2.45) is 0 Å². The van der Waals surface area contributed by atoms with Gasteiger partial charge in [-0.1, -0.05) is 12.1 Å². The molecule has 4 nitrogen and oxygen atoms in total. The zero-order valence-electron chi connectivity index (χ0n) is 12.8. The van der Waals surface area contributed by atoms with E-state index < -0.39 is 0 Å². The van der Waals surface area contributed by atoms with E-state index in [1.54, 1.807) is 0 Å². The molecule has 110 valence electrons. The molecule has 21 heavy (non-hydrogen) atoms. The Morgan fingerprint density at radius 2 is 2.05 bits per heavy atom. The average Bonchev–Trinajstić information content (AvgIpc) is 3.28. The van der Waals surface area contributed by atoms with Crippen LogP contribution in [0.2, 0.25) is 0 Å². The number of nitrogens with one attached hydrogen (secondary N) is 1. The summed E-state index contributed by atoms with van der Waals surface area (Å²) in [4.78, 5) is 9.27. The monoisotopic (exact) mass is 283 g/mol. The minimum absolute atomic E-state index is 0.503. The van der Waals surface area contributed by atoms with E-state index in [-0.39, 0.29) is 0 Å². The molecule has 2 aromatic rings. The minimum atomic E-state index is 0.503. The summed E-state index contributed by atoms with van der Waals surface area (Å²) in [5, 5.41) is 3.31. The Bertz CT molecular complexity index is 650. The third kappa shape index (κ3) is 3.15. The molecule has 0 radical (unpaired) electrons. The van der Waals surface area contributed by atoms with Crippen LogP contribution in [-0.4, -0.2) is 16.5 Å². The first-order valence-electron chi connectivity index (χ1n) is 7.54. The molecule has 1 heterocycles. The Morgan fingerprint density at radius 3 is 2.71 bits per heavy atom. The van der Waals surface area contributed by atoms with Crippen LogP contribution >= 0.6 is 0 Å². The van der Waals surface area contributed by atoms with Crippen molar-refractivity contribution < 1.29 is 4.74 Å². The topological polar surface area (TPSA) is 47.0 Å². The summed E-state index contributed by atoms with van der Waals surface area (Å²) >= 11 is 0. The molecule has 0 atom stereocenters. The Morgan fingerprint density at radius 1 is 1.24 bits per heavy atom. The molecule has 0 amide bonds. The highest BCUT2D eigenvalue weighted by Crippen LogP contribution is 2.40. The predicted molar refractivity (Wildman–Crippen MR) is 84.2 cm³/mol. The number of ether oxygens (including phenoxy) is 1. The number of hydrogen-bond acceptors (Lipinski definition) is 4. The zero-order valence-corrected chi connectivity index (χ0v) is 12.8. The second-order valence-corrected chi connectivity index (χ2v) is 5.58. The molecule has 0 unspecified atom stereocenters. The quantitative estimate of drug-likeness (QED) is 0.893. The third-order valence-electron chi connectivity index (χ3n) is 3.61. The molecular weight excluding hydrogens is 262 g/mol. The molecule has 4 heteroatoms. The van der Waals surface area contributed by atoms with E-state index in [1.807, 2.05) is 25.1 Å². The summed E-state index contributed by atoms with van der Waals surface area (Å²) < 4.78 is 6.00. The Labute approximate surface area is 125 Å². The third-order valence-corrected chi connectivity index (χ3v) is 3.61. The van der Waals surface area contributed by atoms with E-state index in [4.69, 9.17) is 4.74 Å². The van der Waals surface area contributed by atoms with Crippen LogP contribution in [-0.2, 0) is 0 Å².